The maximum absolute atomic E-state index is 13.0. The maximum atomic E-state index is 13.0. The second-order valence-electron chi connectivity index (χ2n) is 6.92. The highest BCUT2D eigenvalue weighted by Gasteiger charge is 2.20. The van der Waals surface area contributed by atoms with Crippen LogP contribution in [0.15, 0.2) is 59.9 Å². The molecule has 0 unspecified atom stereocenters. The lowest BCUT2D eigenvalue weighted by atomic mass is 10.1. The van der Waals surface area contributed by atoms with Gasteiger partial charge in [0.25, 0.3) is 0 Å². The number of aryl methyl sites for hydroxylation is 1. The number of aliphatic imine (C=N–C) groups is 1. The highest BCUT2D eigenvalue weighted by atomic mass is 16.5. The minimum absolute atomic E-state index is 0.180. The molecule has 8 heteroatoms. The zero-order valence-corrected chi connectivity index (χ0v) is 16.5. The average molecular weight is 398 g/mol. The Balaban J connectivity index is 1.48. The van der Waals surface area contributed by atoms with Crippen molar-refractivity contribution >= 4 is 28.2 Å². The minimum atomic E-state index is -0.180. The Hall–Kier alpha value is -4.07. The van der Waals surface area contributed by atoms with Crippen molar-refractivity contribution in [2.45, 2.75) is 6.54 Å². The Morgan fingerprint density at radius 1 is 1.13 bits per heavy atom. The predicted octanol–water partition coefficient (Wildman–Crippen LogP) is 2.98. The van der Waals surface area contributed by atoms with Crippen LogP contribution >= 0.6 is 0 Å². The third-order valence-corrected chi connectivity index (χ3v) is 5.06. The Labute approximate surface area is 172 Å². The molecule has 0 fully saturated rings. The molecule has 0 aliphatic carbocycles. The second-order valence-corrected chi connectivity index (χ2v) is 6.92. The molecule has 4 heterocycles. The molecule has 0 bridgehead atoms. The fourth-order valence-corrected chi connectivity index (χ4v) is 3.56. The van der Waals surface area contributed by atoms with Gasteiger partial charge in [-0.05, 0) is 30.3 Å². The number of fused-ring (bicyclic) bond motifs is 2. The van der Waals surface area contributed by atoms with Crippen molar-refractivity contribution < 1.29 is 9.53 Å². The molecule has 1 N–H and O–H groups in total. The summed E-state index contributed by atoms with van der Waals surface area (Å²) in [7, 11) is 3.34. The molecule has 148 valence electrons. The van der Waals surface area contributed by atoms with Crippen LogP contribution in [0.2, 0.25) is 0 Å². The number of anilines is 1. The van der Waals surface area contributed by atoms with Crippen LogP contribution in [0.25, 0.3) is 10.9 Å². The van der Waals surface area contributed by atoms with Crippen molar-refractivity contribution in [1.29, 1.82) is 0 Å². The first-order valence-electron chi connectivity index (χ1n) is 9.41. The first-order valence-corrected chi connectivity index (χ1v) is 9.41. The van der Waals surface area contributed by atoms with E-state index in [9.17, 15) is 4.79 Å². The first-order chi connectivity index (χ1) is 14.6. The number of ether oxygens (including phenoxy) is 1. The lowest BCUT2D eigenvalue weighted by Crippen LogP contribution is -2.13. The van der Waals surface area contributed by atoms with Crippen molar-refractivity contribution in [3.8, 4) is 5.88 Å². The molecular formula is C22H18N6O2. The number of ketones is 1. The number of carbonyl (C=O) groups excluding carboxylic acids is 1. The molecule has 4 aromatic rings. The van der Waals surface area contributed by atoms with E-state index in [0.717, 1.165) is 33.7 Å². The summed E-state index contributed by atoms with van der Waals surface area (Å²) in [6.45, 7) is 0.619. The highest BCUT2D eigenvalue weighted by molar-refractivity contribution is 6.15. The standard InChI is InChI=1S/C22H18N6O2/c1-28-17-11-15(26-22-19-14(12-25-22)4-3-8-24-19)5-6-16(17)20(27-28)21(29)13-7-9-23-18(10-13)30-2/h3-11H,12H2,1-2H3,(H,25,26). The molecule has 0 amide bonds. The molecule has 5 rings (SSSR count). The van der Waals surface area contributed by atoms with Crippen molar-refractivity contribution in [3.05, 3.63) is 77.4 Å². The summed E-state index contributed by atoms with van der Waals surface area (Å²) in [5.41, 5.74) is 4.52. The molecule has 0 radical (unpaired) electrons. The summed E-state index contributed by atoms with van der Waals surface area (Å²) in [6, 6.07) is 13.0. The number of methoxy groups -OCH3 is 1. The minimum Gasteiger partial charge on any atom is -0.481 e. The van der Waals surface area contributed by atoms with Crippen LogP contribution in [-0.4, -0.2) is 38.5 Å². The monoisotopic (exact) mass is 398 g/mol. The van der Waals surface area contributed by atoms with Gasteiger partial charge in [0, 0.05) is 47.7 Å². The van der Waals surface area contributed by atoms with Crippen molar-refractivity contribution in [2.24, 2.45) is 12.0 Å². The molecule has 0 atom stereocenters. The molecular weight excluding hydrogens is 380 g/mol. The third-order valence-electron chi connectivity index (χ3n) is 5.06. The van der Waals surface area contributed by atoms with Crippen LogP contribution in [0.5, 0.6) is 5.88 Å². The van der Waals surface area contributed by atoms with Gasteiger partial charge in [-0.1, -0.05) is 6.07 Å². The number of pyridine rings is 2. The molecule has 1 aliphatic rings. The quantitative estimate of drug-likeness (QED) is 0.531. The first kappa shape index (κ1) is 18.0. The summed E-state index contributed by atoms with van der Waals surface area (Å²) in [5, 5.41) is 8.58. The number of carbonyl (C=O) groups is 1. The number of nitrogens with zero attached hydrogens (tertiary/aromatic N) is 5. The van der Waals surface area contributed by atoms with Crippen LogP contribution in [0.3, 0.4) is 0 Å². The average Bonchev–Trinajstić information content (AvgIpc) is 3.34. The largest absolute Gasteiger partial charge is 0.481 e. The molecule has 0 saturated carbocycles. The molecule has 0 saturated heterocycles. The molecule has 1 aromatic carbocycles. The number of nitrogens with one attached hydrogen (secondary N) is 1. The van der Waals surface area contributed by atoms with Gasteiger partial charge in [-0.15, -0.1) is 0 Å². The summed E-state index contributed by atoms with van der Waals surface area (Å²) >= 11 is 0. The number of aromatic nitrogens is 4. The third kappa shape index (κ3) is 2.98. The van der Waals surface area contributed by atoms with E-state index in [0.29, 0.717) is 23.7 Å². The smallest absolute Gasteiger partial charge is 0.214 e. The van der Waals surface area contributed by atoms with Crippen LogP contribution in [0, 0.1) is 0 Å². The summed E-state index contributed by atoms with van der Waals surface area (Å²) in [6.07, 6.45) is 3.31. The number of hydrogen-bond acceptors (Lipinski definition) is 7. The van der Waals surface area contributed by atoms with Gasteiger partial charge >= 0.3 is 0 Å². The summed E-state index contributed by atoms with van der Waals surface area (Å²) in [4.78, 5) is 26.1. The van der Waals surface area contributed by atoms with Crippen molar-refractivity contribution in [2.75, 3.05) is 12.4 Å². The van der Waals surface area contributed by atoms with E-state index < -0.39 is 0 Å². The summed E-state index contributed by atoms with van der Waals surface area (Å²) < 4.78 is 6.83. The number of benzene rings is 1. The number of rotatable bonds is 4. The normalized spacial score (nSPS) is 12.5. The molecule has 30 heavy (non-hydrogen) atoms. The Kier molecular flexibility index (Phi) is 4.24. The molecule has 8 nitrogen and oxygen atoms in total. The van der Waals surface area contributed by atoms with E-state index in [1.807, 2.05) is 37.4 Å². The lowest BCUT2D eigenvalue weighted by Gasteiger charge is -2.07. The lowest BCUT2D eigenvalue weighted by molar-refractivity contribution is 0.103. The van der Waals surface area contributed by atoms with Crippen LogP contribution < -0.4 is 10.1 Å². The van der Waals surface area contributed by atoms with E-state index in [-0.39, 0.29) is 5.78 Å². The van der Waals surface area contributed by atoms with E-state index >= 15 is 0 Å². The molecule has 3 aromatic heterocycles. The van der Waals surface area contributed by atoms with Gasteiger partial charge < -0.3 is 10.1 Å². The highest BCUT2D eigenvalue weighted by Crippen LogP contribution is 2.26. The van der Waals surface area contributed by atoms with E-state index in [2.05, 4.69) is 25.4 Å². The Bertz CT molecular complexity index is 1320. The van der Waals surface area contributed by atoms with Crippen molar-refractivity contribution in [3.63, 3.8) is 0 Å². The van der Waals surface area contributed by atoms with Gasteiger partial charge in [0.1, 0.15) is 11.4 Å². The Morgan fingerprint density at radius 2 is 2.03 bits per heavy atom. The molecule has 1 aliphatic heterocycles. The SMILES string of the molecule is COc1cc(C(=O)c2nn(C)c3cc(NC4=NCc5cccnc54)ccc23)ccn1. The van der Waals surface area contributed by atoms with Gasteiger partial charge in [0.15, 0.2) is 5.84 Å². The van der Waals surface area contributed by atoms with E-state index in [1.165, 1.54) is 7.11 Å². The van der Waals surface area contributed by atoms with Gasteiger partial charge in [0.2, 0.25) is 11.7 Å². The van der Waals surface area contributed by atoms with Crippen LogP contribution in [0.1, 0.15) is 27.3 Å². The number of hydrogen-bond donors (Lipinski definition) is 1. The predicted molar refractivity (Wildman–Crippen MR) is 113 cm³/mol. The topological polar surface area (TPSA) is 94.3 Å². The van der Waals surface area contributed by atoms with Gasteiger partial charge in [0.05, 0.1) is 19.2 Å². The fraction of sp³-hybridized carbons (Fsp3) is 0.136. The van der Waals surface area contributed by atoms with Gasteiger partial charge in [-0.25, -0.2) is 4.98 Å². The zero-order valence-electron chi connectivity index (χ0n) is 16.5. The van der Waals surface area contributed by atoms with Crippen LogP contribution in [0.4, 0.5) is 5.69 Å². The van der Waals surface area contributed by atoms with Crippen LogP contribution in [-0.2, 0) is 13.6 Å². The second kappa shape index (κ2) is 7.07. The van der Waals surface area contributed by atoms with Gasteiger partial charge in [-0.2, -0.15) is 5.10 Å². The van der Waals surface area contributed by atoms with Crippen molar-refractivity contribution in [1.82, 2.24) is 19.7 Å². The van der Waals surface area contributed by atoms with E-state index in [4.69, 9.17) is 4.74 Å². The molecule has 0 spiro atoms. The number of amidine groups is 1. The maximum Gasteiger partial charge on any atom is 0.214 e. The van der Waals surface area contributed by atoms with E-state index in [1.54, 1.807) is 29.2 Å². The fourth-order valence-electron chi connectivity index (χ4n) is 3.56. The summed E-state index contributed by atoms with van der Waals surface area (Å²) in [5.74, 6) is 0.950. The van der Waals surface area contributed by atoms with Gasteiger partial charge in [-0.3, -0.25) is 19.5 Å². The Morgan fingerprint density at radius 3 is 2.90 bits per heavy atom. The zero-order chi connectivity index (χ0) is 20.7.